The van der Waals surface area contributed by atoms with Crippen molar-refractivity contribution in [3.8, 4) is 11.5 Å². The van der Waals surface area contributed by atoms with Crippen molar-refractivity contribution in [2.75, 3.05) is 18.2 Å². The molecule has 0 saturated heterocycles. The van der Waals surface area contributed by atoms with Crippen LogP contribution in [0.1, 0.15) is 22.8 Å². The highest BCUT2D eigenvalue weighted by molar-refractivity contribution is 7.98. The van der Waals surface area contributed by atoms with Gasteiger partial charge in [-0.2, -0.15) is 0 Å². The molecule has 0 aromatic heterocycles. The third-order valence-electron chi connectivity index (χ3n) is 5.08. The molecule has 0 heterocycles. The molecule has 0 aliphatic rings. The summed E-state index contributed by atoms with van der Waals surface area (Å²) in [5.41, 5.74) is 2.15. The van der Waals surface area contributed by atoms with E-state index in [-0.39, 0.29) is 5.91 Å². The summed E-state index contributed by atoms with van der Waals surface area (Å²) in [6.07, 6.45) is 2.01. The summed E-state index contributed by atoms with van der Waals surface area (Å²) in [5, 5.41) is 5.15. The SMILES string of the molecule is CCOc1ccc(C(=O)Nc2cccc(SC)c2)cc1COc1cccc2ccccc12. The van der Waals surface area contributed by atoms with Crippen molar-refractivity contribution in [1.29, 1.82) is 0 Å². The predicted molar refractivity (Wildman–Crippen MR) is 132 cm³/mol. The van der Waals surface area contributed by atoms with Gasteiger partial charge in [0.2, 0.25) is 0 Å². The van der Waals surface area contributed by atoms with Gasteiger partial charge >= 0.3 is 0 Å². The molecule has 162 valence electrons. The van der Waals surface area contributed by atoms with Crippen molar-refractivity contribution in [2.24, 2.45) is 0 Å². The van der Waals surface area contributed by atoms with Crippen LogP contribution in [-0.2, 0) is 6.61 Å². The molecule has 0 fully saturated rings. The monoisotopic (exact) mass is 443 g/mol. The molecular weight excluding hydrogens is 418 g/mol. The topological polar surface area (TPSA) is 47.6 Å². The maximum atomic E-state index is 12.9. The lowest BCUT2D eigenvalue weighted by Gasteiger charge is -2.14. The Labute approximate surface area is 192 Å². The van der Waals surface area contributed by atoms with E-state index < -0.39 is 0 Å². The molecule has 4 nitrogen and oxygen atoms in total. The van der Waals surface area contributed by atoms with E-state index in [0.717, 1.165) is 32.7 Å². The summed E-state index contributed by atoms with van der Waals surface area (Å²) in [6, 6.07) is 27.3. The third kappa shape index (κ3) is 5.06. The Morgan fingerprint density at radius 1 is 0.875 bits per heavy atom. The quantitative estimate of drug-likeness (QED) is 0.305. The van der Waals surface area contributed by atoms with E-state index in [4.69, 9.17) is 9.47 Å². The van der Waals surface area contributed by atoms with Crippen LogP contribution in [0.4, 0.5) is 5.69 Å². The molecule has 1 N–H and O–H groups in total. The molecule has 4 aromatic carbocycles. The van der Waals surface area contributed by atoms with E-state index in [9.17, 15) is 4.79 Å². The van der Waals surface area contributed by atoms with Gasteiger partial charge < -0.3 is 14.8 Å². The molecule has 32 heavy (non-hydrogen) atoms. The smallest absolute Gasteiger partial charge is 0.255 e. The number of rotatable bonds is 8. The third-order valence-corrected chi connectivity index (χ3v) is 5.81. The Morgan fingerprint density at radius 3 is 2.53 bits per heavy atom. The summed E-state index contributed by atoms with van der Waals surface area (Å²) >= 11 is 1.64. The molecule has 4 rings (SSSR count). The highest BCUT2D eigenvalue weighted by Gasteiger charge is 2.13. The fourth-order valence-electron chi connectivity index (χ4n) is 3.51. The zero-order chi connectivity index (χ0) is 22.3. The van der Waals surface area contributed by atoms with Crippen molar-refractivity contribution in [3.63, 3.8) is 0 Å². The van der Waals surface area contributed by atoms with Gasteiger partial charge in [-0.3, -0.25) is 4.79 Å². The molecule has 0 radical (unpaired) electrons. The standard InChI is InChI=1S/C27H25NO3S/c1-3-30-25-15-14-20(27(29)28-22-10-7-11-23(17-22)32-2)16-21(25)18-31-26-13-6-9-19-8-4-5-12-24(19)26/h4-17H,3,18H2,1-2H3,(H,28,29). The van der Waals surface area contributed by atoms with Crippen LogP contribution in [-0.4, -0.2) is 18.8 Å². The largest absolute Gasteiger partial charge is 0.493 e. The van der Waals surface area contributed by atoms with E-state index in [1.807, 2.05) is 79.9 Å². The molecule has 0 bridgehead atoms. The summed E-state index contributed by atoms with van der Waals surface area (Å²) in [5.74, 6) is 1.35. The average Bonchev–Trinajstić information content (AvgIpc) is 2.83. The average molecular weight is 444 g/mol. The first kappa shape index (κ1) is 21.8. The summed E-state index contributed by atoms with van der Waals surface area (Å²) in [7, 11) is 0. The summed E-state index contributed by atoms with van der Waals surface area (Å²) < 4.78 is 11.9. The highest BCUT2D eigenvalue weighted by atomic mass is 32.2. The molecule has 0 aliphatic carbocycles. The van der Waals surface area contributed by atoms with Gasteiger partial charge in [-0.05, 0) is 61.0 Å². The second-order valence-corrected chi connectivity index (χ2v) is 8.09. The maximum Gasteiger partial charge on any atom is 0.255 e. The number of thioether (sulfide) groups is 1. The summed E-state index contributed by atoms with van der Waals surface area (Å²) in [6.45, 7) is 2.77. The number of benzene rings is 4. The van der Waals surface area contributed by atoms with Crippen LogP contribution in [0.3, 0.4) is 0 Å². The van der Waals surface area contributed by atoms with Crippen LogP contribution in [0.2, 0.25) is 0 Å². The van der Waals surface area contributed by atoms with Crippen LogP contribution < -0.4 is 14.8 Å². The molecule has 0 atom stereocenters. The Morgan fingerprint density at radius 2 is 1.69 bits per heavy atom. The lowest BCUT2D eigenvalue weighted by atomic mass is 10.1. The van der Waals surface area contributed by atoms with E-state index in [2.05, 4.69) is 17.4 Å². The van der Waals surface area contributed by atoms with Crippen LogP contribution in [0.5, 0.6) is 11.5 Å². The maximum absolute atomic E-state index is 12.9. The normalized spacial score (nSPS) is 10.7. The van der Waals surface area contributed by atoms with Gasteiger partial charge in [0.25, 0.3) is 5.91 Å². The number of hydrogen-bond acceptors (Lipinski definition) is 4. The van der Waals surface area contributed by atoms with Gasteiger partial charge in [0, 0.05) is 27.1 Å². The van der Waals surface area contributed by atoms with Crippen molar-refractivity contribution in [2.45, 2.75) is 18.4 Å². The second-order valence-electron chi connectivity index (χ2n) is 7.21. The molecule has 0 aliphatic heterocycles. The van der Waals surface area contributed by atoms with E-state index in [1.54, 1.807) is 17.8 Å². The van der Waals surface area contributed by atoms with Gasteiger partial charge in [-0.1, -0.05) is 42.5 Å². The van der Waals surface area contributed by atoms with Crippen LogP contribution in [0, 0.1) is 0 Å². The number of nitrogens with one attached hydrogen (secondary N) is 1. The van der Waals surface area contributed by atoms with Crippen molar-refractivity contribution >= 4 is 34.1 Å². The Kier molecular flexibility index (Phi) is 6.97. The first-order valence-corrected chi connectivity index (χ1v) is 11.7. The van der Waals surface area contributed by atoms with E-state index in [0.29, 0.717) is 24.5 Å². The van der Waals surface area contributed by atoms with Gasteiger partial charge in [-0.15, -0.1) is 11.8 Å². The molecule has 0 spiro atoms. The minimum Gasteiger partial charge on any atom is -0.493 e. The minimum absolute atomic E-state index is 0.169. The Hall–Kier alpha value is -3.44. The highest BCUT2D eigenvalue weighted by Crippen LogP contribution is 2.28. The second kappa shape index (κ2) is 10.2. The molecule has 0 unspecified atom stereocenters. The number of carbonyl (C=O) groups excluding carboxylic acids is 1. The number of fused-ring (bicyclic) bond motifs is 1. The van der Waals surface area contributed by atoms with Crippen molar-refractivity contribution < 1.29 is 14.3 Å². The lowest BCUT2D eigenvalue weighted by Crippen LogP contribution is -2.13. The number of hydrogen-bond donors (Lipinski definition) is 1. The molecular formula is C27H25NO3S. The van der Waals surface area contributed by atoms with E-state index in [1.165, 1.54) is 0 Å². The fourth-order valence-corrected chi connectivity index (χ4v) is 3.97. The number of ether oxygens (including phenoxy) is 2. The number of amides is 1. The van der Waals surface area contributed by atoms with Crippen LogP contribution in [0.15, 0.2) is 89.8 Å². The zero-order valence-corrected chi connectivity index (χ0v) is 18.9. The predicted octanol–water partition coefficient (Wildman–Crippen LogP) is 6.79. The van der Waals surface area contributed by atoms with Crippen LogP contribution >= 0.6 is 11.8 Å². The molecule has 4 aromatic rings. The van der Waals surface area contributed by atoms with Gasteiger partial charge in [0.15, 0.2) is 0 Å². The first-order valence-electron chi connectivity index (χ1n) is 10.5. The Balaban J connectivity index is 1.56. The Bertz CT molecular complexity index is 1230. The minimum atomic E-state index is -0.169. The summed E-state index contributed by atoms with van der Waals surface area (Å²) in [4.78, 5) is 14.0. The molecule has 5 heteroatoms. The van der Waals surface area contributed by atoms with E-state index >= 15 is 0 Å². The number of carbonyl (C=O) groups is 1. The van der Waals surface area contributed by atoms with Crippen LogP contribution in [0.25, 0.3) is 10.8 Å². The molecule has 1 amide bonds. The lowest BCUT2D eigenvalue weighted by molar-refractivity contribution is 0.102. The van der Waals surface area contributed by atoms with Gasteiger partial charge in [-0.25, -0.2) is 0 Å². The van der Waals surface area contributed by atoms with Gasteiger partial charge in [0.1, 0.15) is 18.1 Å². The van der Waals surface area contributed by atoms with Crippen molar-refractivity contribution in [1.82, 2.24) is 0 Å². The first-order chi connectivity index (χ1) is 15.7. The fraction of sp³-hybridized carbons (Fsp3) is 0.148. The molecule has 0 saturated carbocycles. The zero-order valence-electron chi connectivity index (χ0n) is 18.1. The number of anilines is 1. The van der Waals surface area contributed by atoms with Gasteiger partial charge in [0.05, 0.1) is 6.61 Å². The van der Waals surface area contributed by atoms with Crippen molar-refractivity contribution in [3.05, 3.63) is 96.1 Å².